The second-order valence-electron chi connectivity index (χ2n) is 4.07. The maximum absolute atomic E-state index is 12.1. The number of rotatable bonds is 4. The lowest BCUT2D eigenvalue weighted by Crippen LogP contribution is -2.16. The fraction of sp³-hybridized carbons (Fsp3) is 0.154. The van der Waals surface area contributed by atoms with E-state index in [4.69, 9.17) is 16.3 Å². The molecule has 2 rings (SSSR count). The second kappa shape index (κ2) is 6.72. The van der Waals surface area contributed by atoms with Gasteiger partial charge in [0.05, 0.1) is 21.4 Å². The lowest BCUT2D eigenvalue weighted by atomic mass is 10.3. The van der Waals surface area contributed by atoms with Gasteiger partial charge in [-0.2, -0.15) is 0 Å². The van der Waals surface area contributed by atoms with E-state index in [0.717, 1.165) is 6.20 Å². The van der Waals surface area contributed by atoms with E-state index in [1.165, 1.54) is 6.92 Å². The minimum atomic E-state index is -3.65. The van der Waals surface area contributed by atoms with E-state index in [0.29, 0.717) is 4.47 Å². The zero-order chi connectivity index (χ0) is 16.3. The number of hydrogen-bond acceptors (Lipinski definition) is 6. The lowest BCUT2D eigenvalue weighted by molar-refractivity contribution is 0.0726. The first-order valence-electron chi connectivity index (χ1n) is 6.07. The number of aromatic nitrogens is 2. The number of carbonyl (C=O) groups excluding carboxylic acids is 1. The van der Waals surface area contributed by atoms with Crippen molar-refractivity contribution in [2.45, 2.75) is 12.1 Å². The Hall–Kier alpha value is -1.51. The molecule has 0 amide bonds. The van der Waals surface area contributed by atoms with Gasteiger partial charge < -0.3 is 4.74 Å². The molecule has 0 N–H and O–H groups in total. The number of ether oxygens (including phenoxy) is 1. The Bertz CT molecular complexity index is 827. The van der Waals surface area contributed by atoms with Crippen LogP contribution in [0, 0.1) is 0 Å². The summed E-state index contributed by atoms with van der Waals surface area (Å²) in [5, 5.41) is -0.550. The highest BCUT2D eigenvalue weighted by Crippen LogP contribution is 2.25. The van der Waals surface area contributed by atoms with E-state index in [1.807, 2.05) is 0 Å². The Morgan fingerprint density at radius 1 is 1.36 bits per heavy atom. The maximum Gasteiger partial charge on any atom is 0.364 e. The molecule has 0 unspecified atom stereocenters. The van der Waals surface area contributed by atoms with Gasteiger partial charge in [-0.3, -0.25) is 0 Å². The third kappa shape index (κ3) is 3.63. The van der Waals surface area contributed by atoms with Crippen molar-refractivity contribution in [2.24, 2.45) is 0 Å². The molecule has 0 aliphatic rings. The van der Waals surface area contributed by atoms with Crippen molar-refractivity contribution < 1.29 is 17.9 Å². The Morgan fingerprint density at radius 3 is 2.68 bits per heavy atom. The molecule has 1 aromatic heterocycles. The van der Waals surface area contributed by atoms with Gasteiger partial charge in [-0.1, -0.05) is 30.7 Å². The molecule has 2 aromatic rings. The zero-order valence-electron chi connectivity index (χ0n) is 11.3. The Kier molecular flexibility index (Phi) is 5.15. The van der Waals surface area contributed by atoms with Crippen molar-refractivity contribution in [2.75, 3.05) is 5.75 Å². The molecule has 6 nitrogen and oxygen atoms in total. The summed E-state index contributed by atoms with van der Waals surface area (Å²) in [5.41, 5.74) is -0.306. The third-order valence-corrected chi connectivity index (χ3v) is 5.06. The van der Waals surface area contributed by atoms with Crippen LogP contribution in [0.2, 0.25) is 5.02 Å². The topological polar surface area (TPSA) is 86.2 Å². The van der Waals surface area contributed by atoms with Gasteiger partial charge in [-0.05, 0) is 28.1 Å². The van der Waals surface area contributed by atoms with Crippen LogP contribution in [0.5, 0.6) is 5.75 Å². The molecule has 0 fully saturated rings. The Morgan fingerprint density at radius 2 is 2.05 bits per heavy atom. The largest absolute Gasteiger partial charge is 0.421 e. The summed E-state index contributed by atoms with van der Waals surface area (Å²) in [6.07, 6.45) is 1.06. The monoisotopic (exact) mass is 404 g/mol. The van der Waals surface area contributed by atoms with Crippen molar-refractivity contribution in [3.63, 3.8) is 0 Å². The molecule has 0 saturated carbocycles. The number of benzene rings is 1. The number of sulfone groups is 1. The molecule has 0 bridgehead atoms. The van der Waals surface area contributed by atoms with Gasteiger partial charge in [0, 0.05) is 0 Å². The first kappa shape index (κ1) is 16.9. The van der Waals surface area contributed by atoms with Crippen LogP contribution in [0.4, 0.5) is 0 Å². The Labute approximate surface area is 140 Å². The average Bonchev–Trinajstić information content (AvgIpc) is 2.49. The SMILES string of the molecule is CCS(=O)(=O)c1ncc(Cl)c(C(=O)Oc2ccccc2Br)n1. The minimum Gasteiger partial charge on any atom is -0.421 e. The van der Waals surface area contributed by atoms with Crippen LogP contribution in [0.1, 0.15) is 17.4 Å². The minimum absolute atomic E-state index is 0.0906. The first-order valence-corrected chi connectivity index (χ1v) is 8.89. The van der Waals surface area contributed by atoms with Crippen molar-refractivity contribution >= 4 is 43.3 Å². The smallest absolute Gasteiger partial charge is 0.364 e. The molecule has 116 valence electrons. The molecule has 22 heavy (non-hydrogen) atoms. The molecule has 0 aliphatic heterocycles. The van der Waals surface area contributed by atoms with Crippen LogP contribution in [0.3, 0.4) is 0 Å². The fourth-order valence-electron chi connectivity index (χ4n) is 1.45. The van der Waals surface area contributed by atoms with Crippen LogP contribution in [-0.4, -0.2) is 30.1 Å². The predicted octanol–water partition coefficient (Wildman–Crippen LogP) is 2.91. The maximum atomic E-state index is 12.1. The number of halogens is 2. The van der Waals surface area contributed by atoms with Crippen molar-refractivity contribution in [3.8, 4) is 5.75 Å². The van der Waals surface area contributed by atoms with E-state index in [9.17, 15) is 13.2 Å². The second-order valence-corrected chi connectivity index (χ2v) is 7.51. The van der Waals surface area contributed by atoms with Gasteiger partial charge in [-0.15, -0.1) is 0 Å². The summed E-state index contributed by atoms with van der Waals surface area (Å²) in [6, 6.07) is 6.70. The van der Waals surface area contributed by atoms with E-state index in [-0.39, 0.29) is 22.2 Å². The molecule has 9 heteroatoms. The number of esters is 1. The average molecular weight is 406 g/mol. The van der Waals surface area contributed by atoms with Crippen molar-refractivity contribution in [1.29, 1.82) is 0 Å². The Balaban J connectivity index is 2.38. The van der Waals surface area contributed by atoms with E-state index >= 15 is 0 Å². The normalized spacial score (nSPS) is 11.2. The summed E-state index contributed by atoms with van der Waals surface area (Å²) < 4.78 is 29.3. The van der Waals surface area contributed by atoms with E-state index in [2.05, 4.69) is 25.9 Å². The molecular formula is C13H10BrClN2O4S. The molecule has 0 atom stereocenters. The fourth-order valence-corrected chi connectivity index (χ4v) is 2.68. The predicted molar refractivity (Wildman–Crippen MR) is 83.9 cm³/mol. The molecular weight excluding hydrogens is 396 g/mol. The van der Waals surface area contributed by atoms with E-state index in [1.54, 1.807) is 24.3 Å². The summed E-state index contributed by atoms with van der Waals surface area (Å²) in [6.45, 7) is 1.45. The molecule has 1 heterocycles. The van der Waals surface area contributed by atoms with Crippen LogP contribution in [0.15, 0.2) is 40.1 Å². The first-order chi connectivity index (χ1) is 10.3. The highest BCUT2D eigenvalue weighted by molar-refractivity contribution is 9.10. The number of carbonyl (C=O) groups is 1. The number of para-hydroxylation sites is 1. The van der Waals surface area contributed by atoms with Crippen LogP contribution in [0.25, 0.3) is 0 Å². The summed E-state index contributed by atoms with van der Waals surface area (Å²) in [5.74, 6) is -0.790. The van der Waals surface area contributed by atoms with Crippen LogP contribution >= 0.6 is 27.5 Å². The summed E-state index contributed by atoms with van der Waals surface area (Å²) in [7, 11) is -3.65. The molecule has 0 spiro atoms. The highest BCUT2D eigenvalue weighted by atomic mass is 79.9. The molecule has 0 saturated heterocycles. The standard InChI is InChI=1S/C13H10BrClN2O4S/c1-2-22(19,20)13-16-7-9(15)11(17-13)12(18)21-10-6-4-3-5-8(10)14/h3-7H,2H2,1H3. The van der Waals surface area contributed by atoms with Gasteiger partial charge in [0.15, 0.2) is 5.69 Å². The molecule has 0 aliphatic carbocycles. The number of hydrogen-bond donors (Lipinski definition) is 0. The van der Waals surface area contributed by atoms with Gasteiger partial charge in [-0.25, -0.2) is 23.2 Å². The van der Waals surface area contributed by atoms with Crippen molar-refractivity contribution in [1.82, 2.24) is 9.97 Å². The van der Waals surface area contributed by atoms with Gasteiger partial charge >= 0.3 is 5.97 Å². The molecule has 1 aromatic carbocycles. The summed E-state index contributed by atoms with van der Waals surface area (Å²) in [4.78, 5) is 19.5. The van der Waals surface area contributed by atoms with Gasteiger partial charge in [0.2, 0.25) is 15.0 Å². The number of nitrogens with zero attached hydrogens (tertiary/aromatic N) is 2. The lowest BCUT2D eigenvalue weighted by Gasteiger charge is -2.07. The van der Waals surface area contributed by atoms with Crippen molar-refractivity contribution in [3.05, 3.63) is 45.7 Å². The zero-order valence-corrected chi connectivity index (χ0v) is 14.4. The van der Waals surface area contributed by atoms with E-state index < -0.39 is 21.0 Å². The van der Waals surface area contributed by atoms with Gasteiger partial charge in [0.1, 0.15) is 5.75 Å². The van der Waals surface area contributed by atoms with Gasteiger partial charge in [0.25, 0.3) is 0 Å². The van der Waals surface area contributed by atoms with Crippen LogP contribution < -0.4 is 4.74 Å². The highest BCUT2D eigenvalue weighted by Gasteiger charge is 2.22. The quantitative estimate of drug-likeness (QED) is 0.442. The van der Waals surface area contributed by atoms with Crippen LogP contribution in [-0.2, 0) is 9.84 Å². The molecule has 0 radical (unpaired) electrons. The summed E-state index contributed by atoms with van der Waals surface area (Å²) >= 11 is 9.09. The third-order valence-electron chi connectivity index (χ3n) is 2.61.